The minimum absolute atomic E-state index is 0.137. The number of methoxy groups -OCH3 is 1. The number of nitrogens with zero attached hydrogens (tertiary/aromatic N) is 3. The molecule has 7 nitrogen and oxygen atoms in total. The molecule has 2 rings (SSSR count). The van der Waals surface area contributed by atoms with Crippen LogP contribution in [0.3, 0.4) is 0 Å². The second-order valence-corrected chi connectivity index (χ2v) is 4.96. The van der Waals surface area contributed by atoms with E-state index in [9.17, 15) is 4.79 Å². The number of nitrogens with one attached hydrogen (secondary N) is 1. The first-order chi connectivity index (χ1) is 10.7. The van der Waals surface area contributed by atoms with E-state index in [0.29, 0.717) is 5.00 Å². The predicted octanol–water partition coefficient (Wildman–Crippen LogP) is 2.56. The Hall–Kier alpha value is -2.48. The highest BCUT2D eigenvalue weighted by Gasteiger charge is 2.17. The molecule has 22 heavy (non-hydrogen) atoms. The van der Waals surface area contributed by atoms with Gasteiger partial charge in [-0.2, -0.15) is 5.10 Å². The summed E-state index contributed by atoms with van der Waals surface area (Å²) in [4.78, 5) is 11.7. The van der Waals surface area contributed by atoms with Crippen molar-refractivity contribution in [1.29, 1.82) is 0 Å². The summed E-state index contributed by atoms with van der Waals surface area (Å²) in [5, 5.41) is 8.45. The Morgan fingerprint density at radius 3 is 2.73 bits per heavy atom. The van der Waals surface area contributed by atoms with Crippen LogP contribution in [0.5, 0.6) is 5.75 Å². The van der Waals surface area contributed by atoms with Gasteiger partial charge in [-0.15, -0.1) is 5.10 Å². The van der Waals surface area contributed by atoms with Crippen LogP contribution in [0.2, 0.25) is 0 Å². The molecular formula is C14H16N4O3S. The number of carbonyl (C=O) groups excluding carboxylic acids is 1. The molecule has 0 fully saturated rings. The van der Waals surface area contributed by atoms with Crippen molar-refractivity contribution < 1.29 is 14.3 Å². The van der Waals surface area contributed by atoms with Crippen molar-refractivity contribution in [3.05, 3.63) is 35.5 Å². The van der Waals surface area contributed by atoms with Crippen LogP contribution in [-0.2, 0) is 4.74 Å². The van der Waals surface area contributed by atoms with Gasteiger partial charge in [0.15, 0.2) is 5.00 Å². The van der Waals surface area contributed by atoms with Crippen LogP contribution in [0, 0.1) is 0 Å². The zero-order valence-corrected chi connectivity index (χ0v) is 13.3. The summed E-state index contributed by atoms with van der Waals surface area (Å²) in [6, 6.07) is 7.51. The summed E-state index contributed by atoms with van der Waals surface area (Å²) in [6.45, 7) is 3.87. The zero-order valence-electron chi connectivity index (χ0n) is 12.5. The number of esters is 1. The quantitative estimate of drug-likeness (QED) is 0.500. The lowest BCUT2D eigenvalue weighted by atomic mass is 10.1. The molecule has 0 radical (unpaired) electrons. The highest BCUT2D eigenvalue weighted by molar-refractivity contribution is 7.10. The number of carbonyl (C=O) groups is 1. The standard InChI is InChI=1S/C14H16N4O3S/c1-4-21-14(19)12-13(22-18-16-12)17-15-9(2)10-5-7-11(20-3)8-6-10/h5-8,17H,4H2,1-3H3/b15-9-. The number of ether oxygens (including phenoxy) is 2. The van der Waals surface area contributed by atoms with E-state index in [2.05, 4.69) is 20.1 Å². The Morgan fingerprint density at radius 1 is 1.36 bits per heavy atom. The normalized spacial score (nSPS) is 11.1. The topological polar surface area (TPSA) is 85.7 Å². The minimum atomic E-state index is -0.518. The van der Waals surface area contributed by atoms with Gasteiger partial charge in [0.05, 0.1) is 19.4 Å². The highest BCUT2D eigenvalue weighted by atomic mass is 32.1. The number of anilines is 1. The molecule has 1 N–H and O–H groups in total. The first kappa shape index (κ1) is 15.9. The highest BCUT2D eigenvalue weighted by Crippen LogP contribution is 2.19. The van der Waals surface area contributed by atoms with Gasteiger partial charge in [0, 0.05) is 11.5 Å². The Bertz CT molecular complexity index is 667. The van der Waals surface area contributed by atoms with E-state index in [1.54, 1.807) is 14.0 Å². The monoisotopic (exact) mass is 320 g/mol. The molecule has 0 aliphatic carbocycles. The van der Waals surface area contributed by atoms with Crippen molar-refractivity contribution in [2.24, 2.45) is 5.10 Å². The van der Waals surface area contributed by atoms with E-state index in [1.807, 2.05) is 31.2 Å². The second-order valence-electron chi connectivity index (χ2n) is 4.21. The van der Waals surface area contributed by atoms with Gasteiger partial charge in [0.1, 0.15) is 5.75 Å². The van der Waals surface area contributed by atoms with E-state index >= 15 is 0 Å². The minimum Gasteiger partial charge on any atom is -0.497 e. The molecule has 1 aromatic carbocycles. The number of aromatic nitrogens is 2. The average molecular weight is 320 g/mol. The van der Waals surface area contributed by atoms with Gasteiger partial charge in [-0.25, -0.2) is 4.79 Å². The smallest absolute Gasteiger partial charge is 0.362 e. The van der Waals surface area contributed by atoms with Gasteiger partial charge < -0.3 is 9.47 Å². The maximum Gasteiger partial charge on any atom is 0.362 e. The van der Waals surface area contributed by atoms with Crippen LogP contribution in [0.25, 0.3) is 0 Å². The lowest BCUT2D eigenvalue weighted by molar-refractivity contribution is 0.0520. The molecule has 0 aliphatic heterocycles. The van der Waals surface area contributed by atoms with Crippen LogP contribution in [0.1, 0.15) is 29.9 Å². The van der Waals surface area contributed by atoms with Gasteiger partial charge in [-0.1, -0.05) is 4.49 Å². The van der Waals surface area contributed by atoms with Gasteiger partial charge in [0.25, 0.3) is 0 Å². The molecule has 0 amide bonds. The summed E-state index contributed by atoms with van der Waals surface area (Å²) in [7, 11) is 1.62. The van der Waals surface area contributed by atoms with Crippen molar-refractivity contribution in [3.8, 4) is 5.75 Å². The molecule has 0 atom stereocenters. The fourth-order valence-electron chi connectivity index (χ4n) is 1.63. The molecule has 1 heterocycles. The molecule has 8 heteroatoms. The van der Waals surface area contributed by atoms with Crippen LogP contribution in [0.4, 0.5) is 5.00 Å². The zero-order chi connectivity index (χ0) is 15.9. The fourth-order valence-corrected chi connectivity index (χ4v) is 2.13. The largest absolute Gasteiger partial charge is 0.497 e. The number of benzene rings is 1. The molecule has 2 aromatic rings. The summed E-state index contributed by atoms with van der Waals surface area (Å²) in [6.07, 6.45) is 0. The molecule has 0 spiro atoms. The Labute approximate surface area is 132 Å². The van der Waals surface area contributed by atoms with Gasteiger partial charge in [-0.3, -0.25) is 5.43 Å². The molecule has 116 valence electrons. The van der Waals surface area contributed by atoms with Crippen molar-refractivity contribution in [2.75, 3.05) is 19.1 Å². The first-order valence-corrected chi connectivity index (χ1v) is 7.37. The van der Waals surface area contributed by atoms with Crippen LogP contribution >= 0.6 is 11.5 Å². The molecule has 1 aromatic heterocycles. The summed E-state index contributed by atoms with van der Waals surface area (Å²) in [5.74, 6) is 0.261. The SMILES string of the molecule is CCOC(=O)c1nnsc1N/N=C(/C)c1ccc(OC)cc1. The lowest BCUT2D eigenvalue weighted by Gasteiger charge is -2.04. The van der Waals surface area contributed by atoms with Gasteiger partial charge in [0.2, 0.25) is 5.69 Å². The number of hydrogen-bond donors (Lipinski definition) is 1. The maximum atomic E-state index is 11.7. The van der Waals surface area contributed by atoms with Crippen molar-refractivity contribution >= 4 is 28.2 Å². The average Bonchev–Trinajstić information content (AvgIpc) is 3.01. The number of hydrazone groups is 1. The van der Waals surface area contributed by atoms with E-state index < -0.39 is 5.97 Å². The van der Waals surface area contributed by atoms with Crippen molar-refractivity contribution in [1.82, 2.24) is 9.59 Å². The second kappa shape index (κ2) is 7.51. The van der Waals surface area contributed by atoms with E-state index in [1.165, 1.54) is 0 Å². The first-order valence-electron chi connectivity index (χ1n) is 6.60. The summed E-state index contributed by atoms with van der Waals surface area (Å²) >= 11 is 1.05. The number of hydrogen-bond acceptors (Lipinski definition) is 8. The van der Waals surface area contributed by atoms with E-state index in [4.69, 9.17) is 9.47 Å². The predicted molar refractivity (Wildman–Crippen MR) is 84.7 cm³/mol. The van der Waals surface area contributed by atoms with Crippen molar-refractivity contribution in [3.63, 3.8) is 0 Å². The van der Waals surface area contributed by atoms with Crippen LogP contribution in [-0.4, -0.2) is 35.0 Å². The van der Waals surface area contributed by atoms with Crippen molar-refractivity contribution in [2.45, 2.75) is 13.8 Å². The molecule has 0 unspecified atom stereocenters. The van der Waals surface area contributed by atoms with Crippen LogP contribution in [0.15, 0.2) is 29.4 Å². The molecule has 0 aliphatic rings. The van der Waals surface area contributed by atoms with E-state index in [-0.39, 0.29) is 12.3 Å². The Kier molecular flexibility index (Phi) is 5.42. The molecule has 0 saturated heterocycles. The van der Waals surface area contributed by atoms with Gasteiger partial charge in [-0.05, 0) is 43.7 Å². The van der Waals surface area contributed by atoms with Gasteiger partial charge >= 0.3 is 5.97 Å². The molecular weight excluding hydrogens is 304 g/mol. The molecule has 0 saturated carbocycles. The third kappa shape index (κ3) is 3.79. The summed E-state index contributed by atoms with van der Waals surface area (Å²) < 4.78 is 13.8. The third-order valence-electron chi connectivity index (χ3n) is 2.79. The van der Waals surface area contributed by atoms with Crippen LogP contribution < -0.4 is 10.2 Å². The third-order valence-corrected chi connectivity index (χ3v) is 3.42. The molecule has 0 bridgehead atoms. The summed E-state index contributed by atoms with van der Waals surface area (Å²) in [5.41, 5.74) is 4.64. The number of rotatable bonds is 6. The maximum absolute atomic E-state index is 11.7. The van der Waals surface area contributed by atoms with E-state index in [0.717, 1.165) is 28.6 Å². The fraction of sp³-hybridized carbons (Fsp3) is 0.286. The Morgan fingerprint density at radius 2 is 2.09 bits per heavy atom. The Balaban J connectivity index is 2.10. The lowest BCUT2D eigenvalue weighted by Crippen LogP contribution is -2.08.